The molecule has 0 aliphatic heterocycles. The zero-order chi connectivity index (χ0) is 21.1. The highest BCUT2D eigenvalue weighted by Crippen LogP contribution is 2.22. The topological polar surface area (TPSA) is 102 Å². The number of hydrogen-bond acceptors (Lipinski definition) is 5. The number of anilines is 1. The van der Waals surface area contributed by atoms with Gasteiger partial charge in [0.15, 0.2) is 6.10 Å². The van der Waals surface area contributed by atoms with Crippen LogP contribution in [0.25, 0.3) is 0 Å². The van der Waals surface area contributed by atoms with Crippen molar-refractivity contribution in [3.05, 3.63) is 58.1 Å². The molecule has 1 unspecified atom stereocenters. The number of hydrogen-bond donors (Lipinski definition) is 2. The van der Waals surface area contributed by atoms with Crippen LogP contribution in [0.15, 0.2) is 41.3 Å². The molecule has 1 atom stereocenters. The van der Waals surface area contributed by atoms with Gasteiger partial charge in [-0.1, -0.05) is 23.7 Å². The summed E-state index contributed by atoms with van der Waals surface area (Å²) in [6.45, 7) is 5.16. The lowest BCUT2D eigenvalue weighted by molar-refractivity contribution is -0.123. The van der Waals surface area contributed by atoms with E-state index in [9.17, 15) is 18.0 Å². The molecular weight excluding hydrogens is 404 g/mol. The number of benzene rings is 2. The first kappa shape index (κ1) is 21.9. The molecule has 0 aromatic heterocycles. The zero-order valence-corrected chi connectivity index (χ0v) is 17.4. The molecule has 0 heterocycles. The van der Waals surface area contributed by atoms with Crippen LogP contribution in [0.4, 0.5) is 5.69 Å². The monoisotopic (exact) mass is 424 g/mol. The number of sulfonamides is 1. The number of carbonyl (C=O) groups excluding carboxylic acids is 2. The van der Waals surface area contributed by atoms with E-state index < -0.39 is 28.0 Å². The first-order chi connectivity index (χ1) is 13.0. The van der Waals surface area contributed by atoms with Gasteiger partial charge in [0, 0.05) is 5.69 Å². The molecule has 150 valence electrons. The van der Waals surface area contributed by atoms with Crippen molar-refractivity contribution in [1.29, 1.82) is 0 Å². The summed E-state index contributed by atoms with van der Waals surface area (Å²) in [6.07, 6.45) is -1.12. The maximum Gasteiger partial charge on any atom is 0.340 e. The molecule has 2 rings (SSSR count). The molecule has 9 heteroatoms. The fourth-order valence-electron chi connectivity index (χ4n) is 2.33. The van der Waals surface area contributed by atoms with E-state index in [4.69, 9.17) is 16.3 Å². The number of amides is 1. The van der Waals surface area contributed by atoms with Gasteiger partial charge in [0.1, 0.15) is 0 Å². The van der Waals surface area contributed by atoms with Crippen LogP contribution in [-0.4, -0.2) is 33.4 Å². The van der Waals surface area contributed by atoms with Crippen LogP contribution in [0.2, 0.25) is 5.02 Å². The number of ether oxygens (including phenoxy) is 1. The fourth-order valence-corrected chi connectivity index (χ4v) is 3.28. The van der Waals surface area contributed by atoms with Crippen molar-refractivity contribution in [2.45, 2.75) is 31.8 Å². The molecule has 0 radical (unpaired) electrons. The van der Waals surface area contributed by atoms with Gasteiger partial charge in [0.05, 0.1) is 15.5 Å². The van der Waals surface area contributed by atoms with E-state index in [1.807, 2.05) is 32.0 Å². The van der Waals surface area contributed by atoms with Crippen LogP contribution in [0.5, 0.6) is 0 Å². The van der Waals surface area contributed by atoms with E-state index in [0.717, 1.165) is 17.2 Å². The molecule has 28 heavy (non-hydrogen) atoms. The minimum Gasteiger partial charge on any atom is -0.449 e. The third-order valence-electron chi connectivity index (χ3n) is 4.04. The summed E-state index contributed by atoms with van der Waals surface area (Å²) in [5.74, 6) is -1.42. The molecule has 0 aliphatic carbocycles. The van der Waals surface area contributed by atoms with Crippen LogP contribution in [0, 0.1) is 13.8 Å². The molecule has 2 N–H and O–H groups in total. The molecule has 0 spiro atoms. The molecule has 0 fully saturated rings. The molecule has 0 bridgehead atoms. The Morgan fingerprint density at radius 3 is 2.43 bits per heavy atom. The third-order valence-corrected chi connectivity index (χ3v) is 5.78. The summed E-state index contributed by atoms with van der Waals surface area (Å²) in [4.78, 5) is 24.7. The van der Waals surface area contributed by atoms with Gasteiger partial charge < -0.3 is 10.1 Å². The Balaban J connectivity index is 2.17. The number of carbonyl (C=O) groups is 2. The number of aryl methyl sites for hydroxylation is 2. The Hall–Kier alpha value is -2.42. The first-order valence-electron chi connectivity index (χ1n) is 8.37. The van der Waals surface area contributed by atoms with Crippen LogP contribution < -0.4 is 10.0 Å². The first-order valence-corrected chi connectivity index (χ1v) is 10.2. The zero-order valence-electron chi connectivity index (χ0n) is 15.9. The Bertz CT molecular complexity index is 1020. The van der Waals surface area contributed by atoms with E-state index >= 15 is 0 Å². The van der Waals surface area contributed by atoms with E-state index in [2.05, 4.69) is 10.0 Å². The summed E-state index contributed by atoms with van der Waals surface area (Å²) in [6, 6.07) is 9.25. The van der Waals surface area contributed by atoms with E-state index in [1.165, 1.54) is 26.1 Å². The average molecular weight is 425 g/mol. The molecule has 0 saturated carbocycles. The molecule has 2 aromatic carbocycles. The van der Waals surface area contributed by atoms with Crippen molar-refractivity contribution in [2.75, 3.05) is 12.4 Å². The van der Waals surface area contributed by atoms with Gasteiger partial charge in [-0.3, -0.25) is 4.79 Å². The Morgan fingerprint density at radius 2 is 1.79 bits per heavy atom. The second-order valence-electron chi connectivity index (χ2n) is 6.20. The minimum absolute atomic E-state index is 0.0159. The summed E-state index contributed by atoms with van der Waals surface area (Å²) in [5, 5.41) is 2.73. The van der Waals surface area contributed by atoms with Crippen LogP contribution in [0.1, 0.15) is 28.4 Å². The van der Waals surface area contributed by atoms with Crippen molar-refractivity contribution in [1.82, 2.24) is 4.72 Å². The van der Waals surface area contributed by atoms with E-state index in [0.29, 0.717) is 5.69 Å². The molecule has 0 saturated heterocycles. The number of halogens is 1. The quantitative estimate of drug-likeness (QED) is 0.694. The van der Waals surface area contributed by atoms with Crippen molar-refractivity contribution in [2.24, 2.45) is 0 Å². The summed E-state index contributed by atoms with van der Waals surface area (Å²) < 4.78 is 31.1. The lowest BCUT2D eigenvalue weighted by Crippen LogP contribution is -2.30. The highest BCUT2D eigenvalue weighted by molar-refractivity contribution is 7.89. The van der Waals surface area contributed by atoms with Gasteiger partial charge in [-0.25, -0.2) is 17.9 Å². The minimum atomic E-state index is -3.76. The van der Waals surface area contributed by atoms with Crippen molar-refractivity contribution < 1.29 is 22.7 Å². The van der Waals surface area contributed by atoms with Crippen molar-refractivity contribution in [3.63, 3.8) is 0 Å². The van der Waals surface area contributed by atoms with Gasteiger partial charge in [0.2, 0.25) is 10.0 Å². The van der Waals surface area contributed by atoms with Crippen LogP contribution >= 0.6 is 11.6 Å². The highest BCUT2D eigenvalue weighted by atomic mass is 35.5. The fraction of sp³-hybridized carbons (Fsp3) is 0.263. The molecule has 7 nitrogen and oxygen atoms in total. The lowest BCUT2D eigenvalue weighted by atomic mass is 10.1. The predicted octanol–water partition coefficient (Wildman–Crippen LogP) is 3.05. The summed E-state index contributed by atoms with van der Waals surface area (Å²) in [5.41, 5.74) is 2.31. The average Bonchev–Trinajstić information content (AvgIpc) is 2.64. The van der Waals surface area contributed by atoms with Gasteiger partial charge in [0.25, 0.3) is 5.91 Å². The maximum atomic E-state index is 12.4. The van der Waals surface area contributed by atoms with Crippen molar-refractivity contribution in [3.8, 4) is 0 Å². The second kappa shape index (κ2) is 8.72. The molecular formula is C19H21ClN2O5S. The predicted molar refractivity (Wildman–Crippen MR) is 107 cm³/mol. The van der Waals surface area contributed by atoms with E-state index in [-0.39, 0.29) is 15.5 Å². The number of nitrogens with one attached hydrogen (secondary N) is 2. The highest BCUT2D eigenvalue weighted by Gasteiger charge is 2.23. The Kier molecular flexibility index (Phi) is 6.82. The normalized spacial score (nSPS) is 12.3. The van der Waals surface area contributed by atoms with Crippen LogP contribution in [-0.2, 0) is 19.6 Å². The Morgan fingerprint density at radius 1 is 1.11 bits per heavy atom. The smallest absolute Gasteiger partial charge is 0.340 e. The van der Waals surface area contributed by atoms with E-state index in [1.54, 1.807) is 0 Å². The number of rotatable bonds is 6. The standard InChI is InChI=1S/C19H21ClN2O5S/c1-11-5-6-12(2)17(9-11)22-18(23)13(3)27-19(24)15-10-14(7-8-16(15)20)28(25,26)21-4/h5-10,13,21H,1-4H3,(H,22,23). The SMILES string of the molecule is CNS(=O)(=O)c1ccc(Cl)c(C(=O)OC(C)C(=O)Nc2cc(C)ccc2C)c1. The third kappa shape index (κ3) is 5.09. The molecule has 2 aromatic rings. The Labute approximate surface area is 169 Å². The van der Waals surface area contributed by atoms with Gasteiger partial charge in [-0.2, -0.15) is 0 Å². The van der Waals surface area contributed by atoms with Gasteiger partial charge in [-0.05, 0) is 63.2 Å². The number of esters is 1. The van der Waals surface area contributed by atoms with Gasteiger partial charge >= 0.3 is 5.97 Å². The van der Waals surface area contributed by atoms with Crippen LogP contribution in [0.3, 0.4) is 0 Å². The molecule has 1 amide bonds. The largest absolute Gasteiger partial charge is 0.449 e. The molecule has 0 aliphatic rings. The summed E-state index contributed by atoms with van der Waals surface area (Å²) >= 11 is 6.00. The lowest BCUT2D eigenvalue weighted by Gasteiger charge is -2.16. The van der Waals surface area contributed by atoms with Crippen molar-refractivity contribution >= 4 is 39.2 Å². The van der Waals surface area contributed by atoms with Gasteiger partial charge in [-0.15, -0.1) is 0 Å². The summed E-state index contributed by atoms with van der Waals surface area (Å²) in [7, 11) is -2.51. The second-order valence-corrected chi connectivity index (χ2v) is 8.50. The maximum absolute atomic E-state index is 12.4.